The van der Waals surface area contributed by atoms with Crippen LogP contribution in [0, 0.1) is 0 Å². The van der Waals surface area contributed by atoms with Crippen LogP contribution in [0.5, 0.6) is 5.75 Å². The van der Waals surface area contributed by atoms with Gasteiger partial charge in [0, 0.05) is 23.0 Å². The Hall–Kier alpha value is -2.81. The van der Waals surface area contributed by atoms with E-state index in [9.17, 15) is 0 Å². The van der Waals surface area contributed by atoms with Gasteiger partial charge in [-0.1, -0.05) is 84.4 Å². The van der Waals surface area contributed by atoms with Gasteiger partial charge in [0.15, 0.2) is 0 Å². The third kappa shape index (κ3) is 4.53. The average molecular weight is 442 g/mol. The number of likely N-dealkylation sites (tertiary alicyclic amines) is 1. The molecule has 4 aromatic rings. The molecule has 0 amide bonds. The molecule has 0 aliphatic carbocycles. The second kappa shape index (κ2) is 9.77. The van der Waals surface area contributed by atoms with Crippen LogP contribution in [0.25, 0.3) is 10.8 Å². The van der Waals surface area contributed by atoms with Crippen LogP contribution in [-0.4, -0.2) is 31.1 Å². The van der Waals surface area contributed by atoms with Crippen LogP contribution < -0.4 is 4.74 Å². The molecule has 1 atom stereocenters. The summed E-state index contributed by atoms with van der Waals surface area (Å²) in [4.78, 5) is 2.49. The molecule has 162 valence electrons. The van der Waals surface area contributed by atoms with Gasteiger partial charge in [-0.15, -0.1) is 0 Å². The van der Waals surface area contributed by atoms with Crippen molar-refractivity contribution in [1.82, 2.24) is 4.90 Å². The van der Waals surface area contributed by atoms with Crippen LogP contribution in [0.2, 0.25) is 5.02 Å². The predicted molar refractivity (Wildman–Crippen MR) is 134 cm³/mol. The van der Waals surface area contributed by atoms with Crippen LogP contribution in [0.4, 0.5) is 0 Å². The van der Waals surface area contributed by atoms with E-state index in [1.807, 2.05) is 12.1 Å². The third-order valence-corrected chi connectivity index (χ3v) is 6.67. The van der Waals surface area contributed by atoms with Gasteiger partial charge in [-0.05, 0) is 66.0 Å². The molecule has 0 N–H and O–H groups in total. The molecule has 0 radical (unpaired) electrons. The normalized spacial score (nSPS) is 15.2. The first-order valence-corrected chi connectivity index (χ1v) is 11.8. The van der Waals surface area contributed by atoms with Crippen LogP contribution in [-0.2, 0) is 0 Å². The van der Waals surface area contributed by atoms with Crippen molar-refractivity contribution >= 4 is 22.4 Å². The number of hydrogen-bond donors (Lipinski definition) is 0. The van der Waals surface area contributed by atoms with Crippen LogP contribution in [0.1, 0.15) is 35.4 Å². The summed E-state index contributed by atoms with van der Waals surface area (Å²) < 4.78 is 6.49. The van der Waals surface area contributed by atoms with Crippen molar-refractivity contribution in [2.75, 3.05) is 26.2 Å². The molecule has 0 aromatic heterocycles. The van der Waals surface area contributed by atoms with Gasteiger partial charge >= 0.3 is 0 Å². The highest BCUT2D eigenvalue weighted by Crippen LogP contribution is 2.42. The number of nitrogens with zero attached hydrogens (tertiary/aromatic N) is 1. The number of rotatable bonds is 7. The summed E-state index contributed by atoms with van der Waals surface area (Å²) in [5, 5.41) is 3.21. The standard InChI is InChI=1S/C29H28ClNO/c30-25-15-12-24(13-16-25)28(23-9-2-1-3-10-23)29-26-11-5-4-8-22(26)14-17-27(29)32-21-20-31-18-6-7-19-31/h1-5,8-17,28H,6-7,18-21H2. The molecule has 1 fully saturated rings. The van der Waals surface area contributed by atoms with Crippen molar-refractivity contribution in [3.05, 3.63) is 113 Å². The van der Waals surface area contributed by atoms with Crippen molar-refractivity contribution < 1.29 is 4.74 Å². The lowest BCUT2D eigenvalue weighted by Gasteiger charge is -2.24. The number of hydrogen-bond acceptors (Lipinski definition) is 2. The minimum Gasteiger partial charge on any atom is -0.492 e. The minimum atomic E-state index is 0.0568. The predicted octanol–water partition coefficient (Wildman–Crippen LogP) is 7.15. The van der Waals surface area contributed by atoms with E-state index in [2.05, 4.69) is 83.8 Å². The Bertz CT molecular complexity index is 1170. The quantitative estimate of drug-likeness (QED) is 0.282. The smallest absolute Gasteiger partial charge is 0.124 e. The summed E-state index contributed by atoms with van der Waals surface area (Å²) >= 11 is 6.24. The molecule has 1 aliphatic rings. The van der Waals surface area contributed by atoms with E-state index < -0.39 is 0 Å². The Balaban J connectivity index is 1.61. The highest BCUT2D eigenvalue weighted by atomic mass is 35.5. The average Bonchev–Trinajstić information content (AvgIpc) is 3.36. The van der Waals surface area contributed by atoms with E-state index in [-0.39, 0.29) is 5.92 Å². The molecule has 2 nitrogen and oxygen atoms in total. The number of ether oxygens (including phenoxy) is 1. The van der Waals surface area contributed by atoms with E-state index >= 15 is 0 Å². The third-order valence-electron chi connectivity index (χ3n) is 6.42. The number of fused-ring (bicyclic) bond motifs is 1. The van der Waals surface area contributed by atoms with Crippen molar-refractivity contribution in [3.63, 3.8) is 0 Å². The van der Waals surface area contributed by atoms with Gasteiger partial charge in [0.1, 0.15) is 12.4 Å². The summed E-state index contributed by atoms with van der Waals surface area (Å²) in [5.74, 6) is 1.02. The van der Waals surface area contributed by atoms with Crippen molar-refractivity contribution in [2.45, 2.75) is 18.8 Å². The molecule has 0 bridgehead atoms. The first-order chi connectivity index (χ1) is 15.8. The van der Waals surface area contributed by atoms with E-state index in [0.717, 1.165) is 17.3 Å². The molecule has 3 heteroatoms. The van der Waals surface area contributed by atoms with Gasteiger partial charge in [-0.3, -0.25) is 4.90 Å². The Morgan fingerprint density at radius 3 is 2.22 bits per heavy atom. The second-order valence-corrected chi connectivity index (χ2v) is 8.93. The lowest BCUT2D eigenvalue weighted by molar-refractivity contribution is 0.236. The van der Waals surface area contributed by atoms with Gasteiger partial charge in [0.2, 0.25) is 0 Å². The molecular weight excluding hydrogens is 414 g/mol. The van der Waals surface area contributed by atoms with Crippen molar-refractivity contribution in [3.8, 4) is 5.75 Å². The molecule has 1 unspecified atom stereocenters. The zero-order valence-corrected chi connectivity index (χ0v) is 19.0. The fourth-order valence-corrected chi connectivity index (χ4v) is 4.94. The summed E-state index contributed by atoms with van der Waals surface area (Å²) in [6, 6.07) is 31.8. The molecule has 5 rings (SSSR count). The molecule has 32 heavy (non-hydrogen) atoms. The van der Waals surface area contributed by atoms with Gasteiger partial charge < -0.3 is 4.74 Å². The zero-order valence-electron chi connectivity index (χ0n) is 18.2. The molecule has 0 saturated carbocycles. The molecule has 1 saturated heterocycles. The summed E-state index contributed by atoms with van der Waals surface area (Å²) in [5.41, 5.74) is 3.68. The van der Waals surface area contributed by atoms with Crippen LogP contribution in [0.15, 0.2) is 91.0 Å². The Labute approximate surface area is 195 Å². The van der Waals surface area contributed by atoms with Crippen LogP contribution in [0.3, 0.4) is 0 Å². The van der Waals surface area contributed by atoms with Gasteiger partial charge in [0.25, 0.3) is 0 Å². The maximum atomic E-state index is 6.49. The fraction of sp³-hybridized carbons (Fsp3) is 0.241. The van der Waals surface area contributed by atoms with Gasteiger partial charge in [-0.25, -0.2) is 0 Å². The van der Waals surface area contributed by atoms with E-state index in [0.29, 0.717) is 6.61 Å². The maximum Gasteiger partial charge on any atom is 0.124 e. The summed E-state index contributed by atoms with van der Waals surface area (Å²) in [7, 11) is 0. The van der Waals surface area contributed by atoms with Gasteiger partial charge in [0.05, 0.1) is 0 Å². The summed E-state index contributed by atoms with van der Waals surface area (Å²) in [6.45, 7) is 4.05. The monoisotopic (exact) mass is 441 g/mol. The van der Waals surface area contributed by atoms with Gasteiger partial charge in [-0.2, -0.15) is 0 Å². The maximum absolute atomic E-state index is 6.49. The number of halogens is 1. The summed E-state index contributed by atoms with van der Waals surface area (Å²) in [6.07, 6.45) is 2.60. The minimum absolute atomic E-state index is 0.0568. The molecule has 1 heterocycles. The van der Waals surface area contributed by atoms with Crippen LogP contribution >= 0.6 is 11.6 Å². The highest BCUT2D eigenvalue weighted by molar-refractivity contribution is 6.30. The second-order valence-electron chi connectivity index (χ2n) is 8.49. The lowest BCUT2D eigenvalue weighted by atomic mass is 9.82. The topological polar surface area (TPSA) is 12.5 Å². The molecule has 0 spiro atoms. The largest absolute Gasteiger partial charge is 0.492 e. The SMILES string of the molecule is Clc1ccc(C(c2ccccc2)c2c(OCCN3CCCC3)ccc3ccccc23)cc1. The lowest BCUT2D eigenvalue weighted by Crippen LogP contribution is -2.25. The Morgan fingerprint density at radius 2 is 1.44 bits per heavy atom. The number of benzene rings is 4. The van der Waals surface area contributed by atoms with Crippen molar-refractivity contribution in [1.29, 1.82) is 0 Å². The molecule has 1 aliphatic heterocycles. The highest BCUT2D eigenvalue weighted by Gasteiger charge is 2.23. The van der Waals surface area contributed by atoms with E-state index in [1.54, 1.807) is 0 Å². The van der Waals surface area contributed by atoms with Crippen molar-refractivity contribution in [2.24, 2.45) is 0 Å². The first kappa shape index (κ1) is 21.1. The zero-order chi connectivity index (χ0) is 21.8. The molecule has 4 aromatic carbocycles. The fourth-order valence-electron chi connectivity index (χ4n) is 4.82. The van der Waals surface area contributed by atoms with E-state index in [1.165, 1.54) is 53.4 Å². The Morgan fingerprint density at radius 1 is 0.750 bits per heavy atom. The molecular formula is C29H28ClNO. The Kier molecular flexibility index (Phi) is 6.43. The van der Waals surface area contributed by atoms with E-state index in [4.69, 9.17) is 16.3 Å². The first-order valence-electron chi connectivity index (χ1n) is 11.5.